The van der Waals surface area contributed by atoms with E-state index in [0.29, 0.717) is 23.7 Å². The number of esters is 1. The van der Waals surface area contributed by atoms with E-state index < -0.39 is 0 Å². The van der Waals surface area contributed by atoms with Crippen molar-refractivity contribution in [3.8, 4) is 0 Å². The topological polar surface area (TPSA) is 81.7 Å². The van der Waals surface area contributed by atoms with Crippen LogP contribution in [0.4, 0.5) is 0 Å². The van der Waals surface area contributed by atoms with Crippen LogP contribution in [0.25, 0.3) is 17.0 Å². The zero-order valence-electron chi connectivity index (χ0n) is 15.2. The minimum atomic E-state index is -0.289. The van der Waals surface area contributed by atoms with Crippen molar-refractivity contribution in [1.82, 2.24) is 5.32 Å². The third-order valence-electron chi connectivity index (χ3n) is 4.11. The number of hydrogen-bond acceptors (Lipinski definition) is 5. The molecule has 0 aliphatic carbocycles. The Kier molecular flexibility index (Phi) is 5.76. The van der Waals surface area contributed by atoms with Crippen LogP contribution in [0.1, 0.15) is 36.7 Å². The van der Waals surface area contributed by atoms with Gasteiger partial charge in [0.05, 0.1) is 19.6 Å². The maximum Gasteiger partial charge on any atom is 0.305 e. The molecule has 1 atom stereocenters. The number of ether oxygens (including phenoxy) is 1. The number of carbonyl (C=O) groups is 2. The smallest absolute Gasteiger partial charge is 0.305 e. The zero-order valence-corrected chi connectivity index (χ0v) is 15.2. The third kappa shape index (κ3) is 4.88. The predicted octanol–water partition coefficient (Wildman–Crippen LogP) is 4.02. The highest BCUT2D eigenvalue weighted by atomic mass is 16.5. The van der Waals surface area contributed by atoms with Crippen LogP contribution in [0.2, 0.25) is 0 Å². The van der Waals surface area contributed by atoms with Gasteiger partial charge < -0.3 is 18.9 Å². The van der Waals surface area contributed by atoms with E-state index in [1.165, 1.54) is 13.2 Å². The fourth-order valence-electron chi connectivity index (χ4n) is 2.65. The molecule has 0 spiro atoms. The second-order valence-corrected chi connectivity index (χ2v) is 6.13. The molecule has 0 radical (unpaired) electrons. The maximum atomic E-state index is 12.1. The summed E-state index contributed by atoms with van der Waals surface area (Å²) in [7, 11) is 1.35. The van der Waals surface area contributed by atoms with Gasteiger partial charge in [-0.25, -0.2) is 0 Å². The van der Waals surface area contributed by atoms with Gasteiger partial charge >= 0.3 is 5.97 Å². The van der Waals surface area contributed by atoms with Crippen molar-refractivity contribution in [3.63, 3.8) is 0 Å². The summed E-state index contributed by atoms with van der Waals surface area (Å²) in [5.74, 6) is 1.36. The van der Waals surface area contributed by atoms with Gasteiger partial charge in [-0.2, -0.15) is 0 Å². The van der Waals surface area contributed by atoms with E-state index in [2.05, 4.69) is 10.1 Å². The number of aryl methyl sites for hydroxylation is 1. The first kappa shape index (κ1) is 18.5. The van der Waals surface area contributed by atoms with E-state index in [-0.39, 0.29) is 24.3 Å². The van der Waals surface area contributed by atoms with Gasteiger partial charge in [-0.05, 0) is 37.3 Å². The van der Waals surface area contributed by atoms with Gasteiger partial charge in [-0.3, -0.25) is 9.59 Å². The Labute approximate surface area is 156 Å². The van der Waals surface area contributed by atoms with Crippen molar-refractivity contribution in [2.45, 2.75) is 25.8 Å². The van der Waals surface area contributed by atoms with Crippen LogP contribution in [0.3, 0.4) is 0 Å². The Hall–Kier alpha value is -3.28. The molecule has 0 aliphatic heterocycles. The third-order valence-corrected chi connectivity index (χ3v) is 4.11. The minimum absolute atomic E-state index is 0.253. The average Bonchev–Trinajstić information content (AvgIpc) is 3.31. The number of fused-ring (bicyclic) bond motifs is 1. The molecule has 2 aromatic heterocycles. The van der Waals surface area contributed by atoms with Crippen LogP contribution >= 0.6 is 0 Å². The fraction of sp³-hybridized carbons (Fsp3) is 0.238. The maximum absolute atomic E-state index is 12.1. The van der Waals surface area contributed by atoms with Crippen LogP contribution in [0.15, 0.2) is 57.4 Å². The van der Waals surface area contributed by atoms with Crippen LogP contribution in [0.5, 0.6) is 0 Å². The summed E-state index contributed by atoms with van der Waals surface area (Å²) in [5, 5.41) is 3.86. The van der Waals surface area contributed by atoms with E-state index in [0.717, 1.165) is 11.0 Å². The van der Waals surface area contributed by atoms with E-state index in [9.17, 15) is 9.59 Å². The number of methoxy groups -OCH3 is 1. The molecule has 1 amide bonds. The first-order chi connectivity index (χ1) is 13.0. The molecule has 0 saturated carbocycles. The lowest BCUT2D eigenvalue weighted by Crippen LogP contribution is -2.24. The Balaban J connectivity index is 1.55. The SMILES string of the molecule is COC(=O)CCc1ccc(/C=C/C(=O)N[C@H](C)c2cc3ccccc3o2)o1. The highest BCUT2D eigenvalue weighted by Gasteiger charge is 2.13. The minimum Gasteiger partial charge on any atom is -0.469 e. The quantitative estimate of drug-likeness (QED) is 0.504. The lowest BCUT2D eigenvalue weighted by molar-refractivity contribution is -0.140. The number of amides is 1. The monoisotopic (exact) mass is 367 g/mol. The van der Waals surface area contributed by atoms with E-state index in [4.69, 9.17) is 8.83 Å². The molecular weight excluding hydrogens is 346 g/mol. The van der Waals surface area contributed by atoms with Crippen molar-refractivity contribution >= 4 is 28.9 Å². The highest BCUT2D eigenvalue weighted by Crippen LogP contribution is 2.23. The second-order valence-electron chi connectivity index (χ2n) is 6.13. The molecule has 27 heavy (non-hydrogen) atoms. The van der Waals surface area contributed by atoms with Gasteiger partial charge in [0, 0.05) is 17.9 Å². The first-order valence-corrected chi connectivity index (χ1v) is 8.67. The standard InChI is InChI=1S/C21H21NO5/c1-14(19-13-15-5-3-4-6-18(15)27-19)22-20(23)11-9-16-7-8-17(26-16)10-12-21(24)25-2/h3-9,11,13-14H,10,12H2,1-2H3,(H,22,23)/b11-9+/t14-/m1/s1. The molecule has 1 aromatic carbocycles. The zero-order chi connectivity index (χ0) is 19.2. The van der Waals surface area contributed by atoms with Crippen molar-refractivity contribution in [2.24, 2.45) is 0 Å². The van der Waals surface area contributed by atoms with Crippen LogP contribution < -0.4 is 5.32 Å². The highest BCUT2D eigenvalue weighted by molar-refractivity contribution is 5.91. The molecule has 6 heteroatoms. The van der Waals surface area contributed by atoms with E-state index >= 15 is 0 Å². The summed E-state index contributed by atoms with van der Waals surface area (Å²) in [5.41, 5.74) is 0.791. The number of hydrogen-bond donors (Lipinski definition) is 1. The predicted molar refractivity (Wildman–Crippen MR) is 101 cm³/mol. The average molecular weight is 367 g/mol. The van der Waals surface area contributed by atoms with Gasteiger partial charge in [-0.15, -0.1) is 0 Å². The molecule has 6 nitrogen and oxygen atoms in total. The molecular formula is C21H21NO5. The largest absolute Gasteiger partial charge is 0.469 e. The van der Waals surface area contributed by atoms with Gasteiger partial charge in [0.25, 0.3) is 0 Å². The number of carbonyl (C=O) groups excluding carboxylic acids is 2. The van der Waals surface area contributed by atoms with Crippen LogP contribution in [0, 0.1) is 0 Å². The van der Waals surface area contributed by atoms with Crippen molar-refractivity contribution in [3.05, 3.63) is 65.8 Å². The summed E-state index contributed by atoms with van der Waals surface area (Å²) in [6.45, 7) is 1.86. The fourth-order valence-corrected chi connectivity index (χ4v) is 2.65. The van der Waals surface area contributed by atoms with Gasteiger partial charge in [0.1, 0.15) is 22.9 Å². The van der Waals surface area contributed by atoms with Crippen LogP contribution in [-0.2, 0) is 20.7 Å². The lowest BCUT2D eigenvalue weighted by atomic mass is 10.2. The summed E-state index contributed by atoms with van der Waals surface area (Å²) in [6, 6.07) is 12.9. The molecule has 3 rings (SSSR count). The molecule has 0 saturated heterocycles. The Morgan fingerprint density at radius 1 is 1.19 bits per heavy atom. The molecule has 2 heterocycles. The van der Waals surface area contributed by atoms with Crippen molar-refractivity contribution in [2.75, 3.05) is 7.11 Å². The summed E-state index contributed by atoms with van der Waals surface area (Å²) < 4.78 is 15.9. The Morgan fingerprint density at radius 2 is 2.00 bits per heavy atom. The number of benzene rings is 1. The van der Waals surface area contributed by atoms with Gasteiger partial charge in [-0.1, -0.05) is 18.2 Å². The number of furan rings is 2. The Bertz CT molecular complexity index is 933. The summed E-state index contributed by atoms with van der Waals surface area (Å²) in [4.78, 5) is 23.3. The lowest BCUT2D eigenvalue weighted by Gasteiger charge is -2.08. The molecule has 1 N–H and O–H groups in total. The van der Waals surface area contributed by atoms with E-state index in [1.54, 1.807) is 18.2 Å². The normalized spacial score (nSPS) is 12.4. The Morgan fingerprint density at radius 3 is 2.78 bits per heavy atom. The first-order valence-electron chi connectivity index (χ1n) is 8.67. The molecule has 3 aromatic rings. The number of para-hydroxylation sites is 1. The van der Waals surface area contributed by atoms with E-state index in [1.807, 2.05) is 37.3 Å². The second kappa shape index (κ2) is 8.40. The van der Waals surface area contributed by atoms with Gasteiger partial charge in [0.15, 0.2) is 0 Å². The van der Waals surface area contributed by atoms with Crippen molar-refractivity contribution in [1.29, 1.82) is 0 Å². The summed E-state index contributed by atoms with van der Waals surface area (Å²) in [6.07, 6.45) is 3.70. The van der Waals surface area contributed by atoms with Gasteiger partial charge in [0.2, 0.25) is 5.91 Å². The number of rotatable bonds is 7. The molecule has 0 unspecified atom stereocenters. The number of nitrogens with one attached hydrogen (secondary N) is 1. The molecule has 0 aliphatic rings. The molecule has 140 valence electrons. The summed E-state index contributed by atoms with van der Waals surface area (Å²) >= 11 is 0. The molecule has 0 fully saturated rings. The van der Waals surface area contributed by atoms with Crippen molar-refractivity contribution < 1.29 is 23.2 Å². The molecule has 0 bridgehead atoms. The van der Waals surface area contributed by atoms with Crippen LogP contribution in [-0.4, -0.2) is 19.0 Å².